The third-order valence-corrected chi connectivity index (χ3v) is 6.96. The Kier molecular flexibility index (Phi) is 6.44. The van der Waals surface area contributed by atoms with Crippen molar-refractivity contribution in [3.63, 3.8) is 0 Å². The lowest BCUT2D eigenvalue weighted by atomic mass is 10.0. The first-order chi connectivity index (χ1) is 17.0. The molecule has 2 aromatic heterocycles. The maximum atomic E-state index is 13.4. The molecule has 3 aromatic rings. The van der Waals surface area contributed by atoms with Crippen molar-refractivity contribution in [3.8, 4) is 0 Å². The van der Waals surface area contributed by atoms with Crippen LogP contribution in [0.2, 0.25) is 0 Å². The van der Waals surface area contributed by atoms with E-state index in [1.807, 2.05) is 47.1 Å². The smallest absolute Gasteiger partial charge is 0.277 e. The molecule has 0 saturated carbocycles. The molecule has 8 heteroatoms. The Morgan fingerprint density at radius 2 is 1.80 bits per heavy atom. The van der Waals surface area contributed by atoms with E-state index < -0.39 is 0 Å². The predicted molar refractivity (Wildman–Crippen MR) is 136 cm³/mol. The third-order valence-electron chi connectivity index (χ3n) is 6.96. The largest absolute Gasteiger partial charge is 0.356 e. The summed E-state index contributed by atoms with van der Waals surface area (Å²) in [6.45, 7) is 5.71. The van der Waals surface area contributed by atoms with Crippen LogP contribution in [0.3, 0.4) is 0 Å². The zero-order chi connectivity index (χ0) is 24.4. The molecule has 1 aromatic carbocycles. The normalized spacial score (nSPS) is 16.1. The Morgan fingerprint density at radius 1 is 1.00 bits per heavy atom. The number of fused-ring (bicyclic) bond motifs is 1. The SMILES string of the molecule is CC(=O)N(c1cccnc1C)C1CCN(c2cc(C(=O)N3CCCc4ccccc43)ncn2)CC1. The number of carbonyl (C=O) groups excluding carboxylic acids is 2. The van der Waals surface area contributed by atoms with Gasteiger partial charge in [0.25, 0.3) is 5.91 Å². The topological polar surface area (TPSA) is 82.5 Å². The van der Waals surface area contributed by atoms with Crippen LogP contribution >= 0.6 is 0 Å². The molecule has 2 aliphatic rings. The number of rotatable bonds is 4. The van der Waals surface area contributed by atoms with Gasteiger partial charge in [-0.15, -0.1) is 0 Å². The second-order valence-corrected chi connectivity index (χ2v) is 9.17. The number of para-hydroxylation sites is 1. The van der Waals surface area contributed by atoms with Crippen LogP contribution in [0.1, 0.15) is 47.9 Å². The summed E-state index contributed by atoms with van der Waals surface area (Å²) in [7, 11) is 0. The molecule has 4 heterocycles. The van der Waals surface area contributed by atoms with Crippen LogP contribution in [0.5, 0.6) is 0 Å². The molecule has 5 rings (SSSR count). The molecule has 0 unspecified atom stereocenters. The van der Waals surface area contributed by atoms with Crippen LogP contribution < -0.4 is 14.7 Å². The van der Waals surface area contributed by atoms with Crippen LogP contribution in [-0.2, 0) is 11.2 Å². The Labute approximate surface area is 205 Å². The lowest BCUT2D eigenvalue weighted by molar-refractivity contribution is -0.117. The van der Waals surface area contributed by atoms with Gasteiger partial charge in [0.1, 0.15) is 17.8 Å². The minimum Gasteiger partial charge on any atom is -0.356 e. The van der Waals surface area contributed by atoms with E-state index in [0.29, 0.717) is 12.2 Å². The maximum Gasteiger partial charge on any atom is 0.277 e. The van der Waals surface area contributed by atoms with Crippen LogP contribution in [0.4, 0.5) is 17.2 Å². The third kappa shape index (κ3) is 4.60. The first kappa shape index (κ1) is 23.0. The zero-order valence-electron chi connectivity index (χ0n) is 20.2. The summed E-state index contributed by atoms with van der Waals surface area (Å²) in [5.74, 6) is 0.681. The number of nitrogens with zero attached hydrogens (tertiary/aromatic N) is 6. The highest BCUT2D eigenvalue weighted by Crippen LogP contribution is 2.30. The van der Waals surface area contributed by atoms with Crippen molar-refractivity contribution in [1.29, 1.82) is 0 Å². The van der Waals surface area contributed by atoms with Crippen molar-refractivity contribution >= 4 is 29.0 Å². The zero-order valence-corrected chi connectivity index (χ0v) is 20.2. The number of carbonyl (C=O) groups is 2. The van der Waals surface area contributed by atoms with Gasteiger partial charge in [-0.1, -0.05) is 18.2 Å². The number of aromatic nitrogens is 3. The molecule has 2 aliphatic heterocycles. The van der Waals surface area contributed by atoms with E-state index in [1.165, 1.54) is 11.9 Å². The second-order valence-electron chi connectivity index (χ2n) is 9.17. The average molecular weight is 471 g/mol. The fraction of sp³-hybridized carbons (Fsp3) is 0.370. The molecular formula is C27H30N6O2. The standard InChI is InChI=1S/C27H30N6O2/c1-19-24(10-5-13-28-19)33(20(2)34)22-11-15-31(16-12-22)26-17-23(29-18-30-26)27(35)32-14-6-8-21-7-3-4-9-25(21)32/h3-5,7,9-10,13,17-18,22H,6,8,11-12,14-16H2,1-2H3. The molecule has 0 bridgehead atoms. The number of benzene rings is 1. The minimum absolute atomic E-state index is 0.0243. The van der Waals surface area contributed by atoms with Gasteiger partial charge in [0.2, 0.25) is 5.91 Å². The number of anilines is 3. The molecule has 8 nitrogen and oxygen atoms in total. The Morgan fingerprint density at radius 3 is 2.57 bits per heavy atom. The van der Waals surface area contributed by atoms with Crippen molar-refractivity contribution in [2.45, 2.75) is 45.6 Å². The summed E-state index contributed by atoms with van der Waals surface area (Å²) >= 11 is 0. The number of aryl methyl sites for hydroxylation is 2. The average Bonchev–Trinajstić information content (AvgIpc) is 2.89. The molecule has 0 radical (unpaired) electrons. The summed E-state index contributed by atoms with van der Waals surface area (Å²) in [4.78, 5) is 44.9. The van der Waals surface area contributed by atoms with Gasteiger partial charge in [0.05, 0.1) is 11.4 Å². The quantitative estimate of drug-likeness (QED) is 0.577. The van der Waals surface area contributed by atoms with Gasteiger partial charge < -0.3 is 14.7 Å². The van der Waals surface area contributed by atoms with E-state index in [9.17, 15) is 9.59 Å². The van der Waals surface area contributed by atoms with E-state index in [2.05, 4.69) is 25.9 Å². The maximum absolute atomic E-state index is 13.4. The molecular weight excluding hydrogens is 440 g/mol. The van der Waals surface area contributed by atoms with Crippen molar-refractivity contribution in [3.05, 3.63) is 71.9 Å². The van der Waals surface area contributed by atoms with Crippen LogP contribution in [0.15, 0.2) is 55.0 Å². The monoisotopic (exact) mass is 470 g/mol. The first-order valence-corrected chi connectivity index (χ1v) is 12.2. The Balaban J connectivity index is 1.30. The lowest BCUT2D eigenvalue weighted by Gasteiger charge is -2.39. The van der Waals surface area contributed by atoms with Gasteiger partial charge in [-0.2, -0.15) is 0 Å². The first-order valence-electron chi connectivity index (χ1n) is 12.2. The van der Waals surface area contributed by atoms with E-state index >= 15 is 0 Å². The molecule has 0 spiro atoms. The summed E-state index contributed by atoms with van der Waals surface area (Å²) in [5, 5.41) is 0. The fourth-order valence-electron chi connectivity index (χ4n) is 5.23. The number of pyridine rings is 1. The molecule has 1 fully saturated rings. The van der Waals surface area contributed by atoms with E-state index in [0.717, 1.165) is 61.7 Å². The highest BCUT2D eigenvalue weighted by Gasteiger charge is 2.30. The summed E-state index contributed by atoms with van der Waals surface area (Å²) in [5.41, 5.74) is 4.30. The fourth-order valence-corrected chi connectivity index (χ4v) is 5.23. The van der Waals surface area contributed by atoms with Gasteiger partial charge in [0, 0.05) is 50.6 Å². The van der Waals surface area contributed by atoms with Gasteiger partial charge in [-0.05, 0) is 56.4 Å². The number of piperidine rings is 1. The van der Waals surface area contributed by atoms with Gasteiger partial charge in [-0.25, -0.2) is 9.97 Å². The van der Waals surface area contributed by atoms with Gasteiger partial charge >= 0.3 is 0 Å². The summed E-state index contributed by atoms with van der Waals surface area (Å²) < 4.78 is 0. The van der Waals surface area contributed by atoms with E-state index in [-0.39, 0.29) is 17.9 Å². The molecule has 1 saturated heterocycles. The number of hydrogen-bond acceptors (Lipinski definition) is 6. The lowest BCUT2D eigenvalue weighted by Crippen LogP contribution is -2.47. The second kappa shape index (κ2) is 9.82. The molecule has 180 valence electrons. The van der Waals surface area contributed by atoms with Crippen LogP contribution in [0.25, 0.3) is 0 Å². The summed E-state index contributed by atoms with van der Waals surface area (Å²) in [6.07, 6.45) is 6.76. The van der Waals surface area contributed by atoms with Crippen LogP contribution in [-0.4, -0.2) is 52.4 Å². The van der Waals surface area contributed by atoms with Gasteiger partial charge in [-0.3, -0.25) is 14.6 Å². The predicted octanol–water partition coefficient (Wildman–Crippen LogP) is 3.79. The number of hydrogen-bond donors (Lipinski definition) is 0. The summed E-state index contributed by atoms with van der Waals surface area (Å²) in [6, 6.07) is 13.8. The molecule has 0 aliphatic carbocycles. The van der Waals surface area contributed by atoms with Crippen molar-refractivity contribution in [1.82, 2.24) is 15.0 Å². The van der Waals surface area contributed by atoms with E-state index in [4.69, 9.17) is 0 Å². The van der Waals surface area contributed by atoms with Crippen LogP contribution in [0, 0.1) is 6.92 Å². The molecule has 2 amide bonds. The van der Waals surface area contributed by atoms with E-state index in [1.54, 1.807) is 19.2 Å². The van der Waals surface area contributed by atoms with Crippen molar-refractivity contribution < 1.29 is 9.59 Å². The highest BCUT2D eigenvalue weighted by molar-refractivity contribution is 6.05. The molecule has 0 atom stereocenters. The van der Waals surface area contributed by atoms with Crippen molar-refractivity contribution in [2.24, 2.45) is 0 Å². The minimum atomic E-state index is -0.0921. The number of amides is 2. The highest BCUT2D eigenvalue weighted by atomic mass is 16.2. The Hall–Kier alpha value is -3.81. The molecule has 0 N–H and O–H groups in total. The Bertz CT molecular complexity index is 1240. The van der Waals surface area contributed by atoms with Crippen molar-refractivity contribution in [2.75, 3.05) is 34.3 Å². The molecule has 35 heavy (non-hydrogen) atoms. The van der Waals surface area contributed by atoms with Gasteiger partial charge in [0.15, 0.2) is 0 Å².